The van der Waals surface area contributed by atoms with Gasteiger partial charge in [0, 0.05) is 12.4 Å². The van der Waals surface area contributed by atoms with Crippen molar-refractivity contribution in [3.8, 4) is 5.88 Å². The number of aryl methyl sites for hydroxylation is 1. The lowest BCUT2D eigenvalue weighted by Gasteiger charge is -2.08. The summed E-state index contributed by atoms with van der Waals surface area (Å²) in [6, 6.07) is 9.82. The van der Waals surface area contributed by atoms with Gasteiger partial charge < -0.3 is 15.0 Å². The zero-order chi connectivity index (χ0) is 22.3. The maximum atomic E-state index is 11.7. The van der Waals surface area contributed by atoms with Crippen LogP contribution < -0.4 is 15.6 Å². The van der Waals surface area contributed by atoms with Crippen LogP contribution in [0.1, 0.15) is 0 Å². The molecule has 3 rings (SSSR count). The molecule has 0 unspecified atom stereocenters. The number of thiocarbonyl (C=S) groups is 1. The number of primary sulfonamides is 2. The summed E-state index contributed by atoms with van der Waals surface area (Å²) in [4.78, 5) is -0.354. The predicted molar refractivity (Wildman–Crippen MR) is 115 cm³/mol. The van der Waals surface area contributed by atoms with Crippen molar-refractivity contribution >= 4 is 59.7 Å². The van der Waals surface area contributed by atoms with E-state index < -0.39 is 20.0 Å². The molecule has 0 aliphatic carbocycles. The third-order valence-electron chi connectivity index (χ3n) is 4.12. The highest BCUT2D eigenvalue weighted by Gasteiger charge is 2.18. The van der Waals surface area contributed by atoms with Crippen molar-refractivity contribution in [3.63, 3.8) is 0 Å². The monoisotopic (exact) mass is 468 g/mol. The Hall–Kier alpha value is -2.91. The summed E-state index contributed by atoms with van der Waals surface area (Å²) < 4.78 is 48.0. The molecule has 1 heterocycles. The van der Waals surface area contributed by atoms with Crippen LogP contribution in [0.3, 0.4) is 0 Å². The standard InChI is InChI=1S/C16H16N6O5S3/c1-22-12-7-6-9(29(17,24)25)8-10(12)14(15(22)23)20-21-16(28)19-11-4-2-3-5-13(11)30(18,26)27/h2-8,23H,1H3,(H,19,28)(H2,17,24,25)(H2,18,26,27). The second kappa shape index (κ2) is 7.73. The summed E-state index contributed by atoms with van der Waals surface area (Å²) in [5, 5.41) is 31.0. The lowest BCUT2D eigenvalue weighted by Crippen LogP contribution is -2.16. The van der Waals surface area contributed by atoms with Gasteiger partial charge in [-0.15, -0.1) is 10.2 Å². The Morgan fingerprint density at radius 1 is 1.10 bits per heavy atom. The number of sulfonamides is 2. The number of nitrogens with one attached hydrogen (secondary N) is 1. The number of fused-ring (bicyclic) bond motifs is 1. The third-order valence-corrected chi connectivity index (χ3v) is 6.18. The Labute approximate surface area is 177 Å². The number of nitrogens with zero attached hydrogens (tertiary/aromatic N) is 3. The highest BCUT2D eigenvalue weighted by atomic mass is 32.2. The summed E-state index contributed by atoms with van der Waals surface area (Å²) in [7, 11) is -6.43. The lowest BCUT2D eigenvalue weighted by atomic mass is 10.2. The molecule has 14 heteroatoms. The normalized spacial score (nSPS) is 12.5. The first kappa shape index (κ1) is 21.8. The Morgan fingerprint density at radius 3 is 2.40 bits per heavy atom. The number of hydrogen-bond donors (Lipinski definition) is 4. The van der Waals surface area contributed by atoms with E-state index in [0.717, 1.165) is 0 Å². The van der Waals surface area contributed by atoms with E-state index in [9.17, 15) is 21.9 Å². The Bertz CT molecular complexity index is 1410. The van der Waals surface area contributed by atoms with Crippen LogP contribution in [0.5, 0.6) is 5.88 Å². The zero-order valence-electron chi connectivity index (χ0n) is 15.3. The summed E-state index contributed by atoms with van der Waals surface area (Å²) in [6.07, 6.45) is 0. The van der Waals surface area contributed by atoms with Crippen LogP contribution in [-0.4, -0.2) is 31.6 Å². The van der Waals surface area contributed by atoms with Gasteiger partial charge in [-0.2, -0.15) is 0 Å². The number of azo groups is 1. The number of hydrogen-bond acceptors (Lipinski definition) is 7. The van der Waals surface area contributed by atoms with E-state index in [0.29, 0.717) is 5.52 Å². The molecule has 0 radical (unpaired) electrons. The minimum atomic E-state index is -4.00. The summed E-state index contributed by atoms with van der Waals surface area (Å²) in [5.74, 6) is -0.284. The van der Waals surface area contributed by atoms with Crippen LogP contribution in [0.2, 0.25) is 0 Å². The molecule has 0 atom stereocenters. The first-order valence-electron chi connectivity index (χ1n) is 8.08. The number of rotatable bonds is 4. The van der Waals surface area contributed by atoms with E-state index in [4.69, 9.17) is 22.5 Å². The fraction of sp³-hybridized carbons (Fsp3) is 0.0625. The van der Waals surface area contributed by atoms with Gasteiger partial charge in [-0.3, -0.25) is 0 Å². The summed E-state index contributed by atoms with van der Waals surface area (Å²) >= 11 is 5.06. The van der Waals surface area contributed by atoms with Gasteiger partial charge in [-0.05, 0) is 42.5 Å². The molecule has 0 saturated carbocycles. The molecule has 158 valence electrons. The summed E-state index contributed by atoms with van der Waals surface area (Å²) in [5.41, 5.74) is 0.539. The van der Waals surface area contributed by atoms with Crippen LogP contribution in [0.15, 0.2) is 62.5 Å². The minimum absolute atomic E-state index is 0.0399. The predicted octanol–water partition coefficient (Wildman–Crippen LogP) is 1.66. The van der Waals surface area contributed by atoms with Crippen LogP contribution in [0.25, 0.3) is 10.9 Å². The van der Waals surface area contributed by atoms with Gasteiger partial charge in [0.2, 0.25) is 31.0 Å². The molecular weight excluding hydrogens is 452 g/mol. The minimum Gasteiger partial charge on any atom is -0.493 e. The molecule has 1 aromatic heterocycles. The van der Waals surface area contributed by atoms with E-state index in [2.05, 4.69) is 15.5 Å². The molecular formula is C16H16N6O5S3. The SMILES string of the molecule is Cn1c(O)c(N=NC(=S)Nc2ccccc2S(N)(=O)=O)c2cc(S(N)(=O)=O)ccc21. The maximum absolute atomic E-state index is 11.7. The van der Waals surface area contributed by atoms with Crippen molar-refractivity contribution in [1.29, 1.82) is 0 Å². The van der Waals surface area contributed by atoms with Gasteiger partial charge >= 0.3 is 0 Å². The van der Waals surface area contributed by atoms with Gasteiger partial charge in [0.25, 0.3) is 0 Å². The topological polar surface area (TPSA) is 182 Å². The Kier molecular flexibility index (Phi) is 5.62. The number of anilines is 1. The second-order valence-electron chi connectivity index (χ2n) is 6.13. The summed E-state index contributed by atoms with van der Waals surface area (Å²) in [6.45, 7) is 0. The number of aromatic nitrogens is 1. The Balaban J connectivity index is 1.99. The first-order chi connectivity index (χ1) is 13.9. The van der Waals surface area contributed by atoms with Crippen LogP contribution >= 0.6 is 12.2 Å². The molecule has 0 fully saturated rings. The smallest absolute Gasteiger partial charge is 0.240 e. The highest BCUT2D eigenvalue weighted by molar-refractivity contribution is 7.89. The molecule has 30 heavy (non-hydrogen) atoms. The average molecular weight is 469 g/mol. The molecule has 11 nitrogen and oxygen atoms in total. The molecule has 0 aliphatic heterocycles. The van der Waals surface area contributed by atoms with Crippen molar-refractivity contribution in [1.82, 2.24) is 4.57 Å². The number of para-hydroxylation sites is 1. The fourth-order valence-electron chi connectivity index (χ4n) is 2.72. The first-order valence-corrected chi connectivity index (χ1v) is 11.6. The van der Waals surface area contributed by atoms with E-state index in [-0.39, 0.29) is 37.5 Å². The van der Waals surface area contributed by atoms with E-state index >= 15 is 0 Å². The molecule has 0 aliphatic rings. The Morgan fingerprint density at radius 2 is 1.77 bits per heavy atom. The van der Waals surface area contributed by atoms with E-state index in [1.807, 2.05) is 0 Å². The van der Waals surface area contributed by atoms with Gasteiger partial charge in [0.05, 0.1) is 16.1 Å². The molecule has 3 aromatic rings. The molecule has 0 amide bonds. The average Bonchev–Trinajstić information content (AvgIpc) is 2.89. The van der Waals surface area contributed by atoms with E-state index in [1.54, 1.807) is 13.1 Å². The zero-order valence-corrected chi connectivity index (χ0v) is 17.8. The quantitative estimate of drug-likeness (QED) is 0.331. The molecule has 0 spiro atoms. The van der Waals surface area contributed by atoms with Gasteiger partial charge in [-0.1, -0.05) is 12.1 Å². The molecule has 2 aromatic carbocycles. The van der Waals surface area contributed by atoms with Gasteiger partial charge in [0.15, 0.2) is 5.69 Å². The van der Waals surface area contributed by atoms with Crippen molar-refractivity contribution < 1.29 is 21.9 Å². The molecule has 0 bridgehead atoms. The van der Waals surface area contributed by atoms with Crippen LogP contribution in [-0.2, 0) is 27.1 Å². The maximum Gasteiger partial charge on any atom is 0.240 e. The number of aromatic hydroxyl groups is 1. The number of benzene rings is 2. The van der Waals surface area contributed by atoms with Crippen molar-refractivity contribution in [2.75, 3.05) is 5.32 Å². The van der Waals surface area contributed by atoms with Crippen molar-refractivity contribution in [2.45, 2.75) is 9.79 Å². The molecule has 6 N–H and O–H groups in total. The van der Waals surface area contributed by atoms with Crippen molar-refractivity contribution in [2.24, 2.45) is 27.6 Å². The lowest BCUT2D eigenvalue weighted by molar-refractivity contribution is 0.436. The van der Waals surface area contributed by atoms with Gasteiger partial charge in [0.1, 0.15) is 4.90 Å². The highest BCUT2D eigenvalue weighted by Crippen LogP contribution is 2.39. The van der Waals surface area contributed by atoms with Crippen LogP contribution in [0, 0.1) is 0 Å². The van der Waals surface area contributed by atoms with Gasteiger partial charge in [-0.25, -0.2) is 27.1 Å². The van der Waals surface area contributed by atoms with Crippen LogP contribution in [0.4, 0.5) is 11.4 Å². The second-order valence-corrected chi connectivity index (χ2v) is 9.60. The fourth-order valence-corrected chi connectivity index (χ4v) is 4.10. The van der Waals surface area contributed by atoms with E-state index in [1.165, 1.54) is 41.0 Å². The van der Waals surface area contributed by atoms with Crippen molar-refractivity contribution in [3.05, 3.63) is 42.5 Å². The number of nitrogens with two attached hydrogens (primary N) is 2. The largest absolute Gasteiger partial charge is 0.493 e. The molecule has 0 saturated heterocycles. The third kappa shape index (κ3) is 4.31.